The van der Waals surface area contributed by atoms with Gasteiger partial charge in [0, 0.05) is 13.2 Å². The van der Waals surface area contributed by atoms with Crippen molar-refractivity contribution < 1.29 is 4.74 Å². The van der Waals surface area contributed by atoms with Crippen LogP contribution in [-0.4, -0.2) is 25.8 Å². The summed E-state index contributed by atoms with van der Waals surface area (Å²) in [6, 6.07) is 7.53. The van der Waals surface area contributed by atoms with Gasteiger partial charge >= 0.3 is 0 Å². The van der Waals surface area contributed by atoms with E-state index in [1.165, 1.54) is 50.5 Å². The standard InChI is InChI=1S/C18H27NO/c1-19-17(18(20-2)10-3-4-11-18)13-14-8-9-15-6-5-7-16(15)12-14/h8-9,12,17,19H,3-7,10-11,13H2,1-2H3. The lowest BCUT2D eigenvalue weighted by Gasteiger charge is -2.36. The van der Waals surface area contributed by atoms with Crippen LogP contribution in [0, 0.1) is 0 Å². The number of fused-ring (bicyclic) bond motifs is 1. The average molecular weight is 273 g/mol. The van der Waals surface area contributed by atoms with Gasteiger partial charge in [-0.25, -0.2) is 0 Å². The topological polar surface area (TPSA) is 21.3 Å². The highest BCUT2D eigenvalue weighted by atomic mass is 16.5. The molecule has 1 unspecified atom stereocenters. The van der Waals surface area contributed by atoms with E-state index in [2.05, 4.69) is 30.6 Å². The van der Waals surface area contributed by atoms with Crippen LogP contribution in [0.15, 0.2) is 18.2 Å². The van der Waals surface area contributed by atoms with Crippen molar-refractivity contribution in [2.75, 3.05) is 14.2 Å². The lowest BCUT2D eigenvalue weighted by Crippen LogP contribution is -2.50. The van der Waals surface area contributed by atoms with E-state index < -0.39 is 0 Å². The van der Waals surface area contributed by atoms with Crippen LogP contribution in [0.25, 0.3) is 0 Å². The summed E-state index contributed by atoms with van der Waals surface area (Å²) in [7, 11) is 3.97. The molecule has 0 aromatic heterocycles. The van der Waals surface area contributed by atoms with Gasteiger partial charge in [-0.05, 0) is 62.3 Å². The normalized spacial score (nSPS) is 21.9. The Labute approximate surface area is 122 Å². The van der Waals surface area contributed by atoms with Gasteiger partial charge in [0.05, 0.1) is 5.60 Å². The van der Waals surface area contributed by atoms with Crippen molar-refractivity contribution in [2.45, 2.75) is 63.0 Å². The molecule has 0 spiro atoms. The van der Waals surface area contributed by atoms with Gasteiger partial charge in [0.15, 0.2) is 0 Å². The van der Waals surface area contributed by atoms with Crippen LogP contribution in [0.5, 0.6) is 0 Å². The second-order valence-electron chi connectivity index (χ2n) is 6.48. The Morgan fingerprint density at radius 2 is 1.90 bits per heavy atom. The van der Waals surface area contributed by atoms with Gasteiger partial charge in [-0.2, -0.15) is 0 Å². The second-order valence-corrected chi connectivity index (χ2v) is 6.48. The molecule has 1 aromatic rings. The highest BCUT2D eigenvalue weighted by molar-refractivity contribution is 5.35. The summed E-state index contributed by atoms with van der Waals surface area (Å²) in [5.74, 6) is 0. The number of benzene rings is 1. The minimum absolute atomic E-state index is 0.0494. The minimum atomic E-state index is 0.0494. The van der Waals surface area contributed by atoms with E-state index >= 15 is 0 Å². The fourth-order valence-corrected chi connectivity index (χ4v) is 4.21. The Balaban J connectivity index is 1.77. The number of likely N-dealkylation sites (N-methyl/N-ethyl adjacent to an activating group) is 1. The van der Waals surface area contributed by atoms with E-state index in [0.29, 0.717) is 6.04 Å². The van der Waals surface area contributed by atoms with Crippen molar-refractivity contribution in [3.05, 3.63) is 34.9 Å². The molecule has 1 fully saturated rings. The predicted octanol–water partition coefficient (Wildman–Crippen LogP) is 3.27. The number of methoxy groups -OCH3 is 1. The highest BCUT2D eigenvalue weighted by Crippen LogP contribution is 2.37. The van der Waals surface area contributed by atoms with E-state index in [-0.39, 0.29) is 5.60 Å². The van der Waals surface area contributed by atoms with Crippen LogP contribution < -0.4 is 5.32 Å². The first-order valence-electron chi connectivity index (χ1n) is 8.10. The summed E-state index contributed by atoms with van der Waals surface area (Å²) < 4.78 is 5.95. The molecule has 0 amide bonds. The maximum Gasteiger partial charge on any atom is 0.0834 e. The zero-order chi connectivity index (χ0) is 14.0. The largest absolute Gasteiger partial charge is 0.377 e. The van der Waals surface area contributed by atoms with Crippen molar-refractivity contribution >= 4 is 0 Å². The third kappa shape index (κ3) is 2.51. The molecule has 0 bridgehead atoms. The SMILES string of the molecule is CNC(Cc1ccc2c(c1)CCC2)C1(OC)CCCC1. The van der Waals surface area contributed by atoms with Crippen molar-refractivity contribution in [1.29, 1.82) is 0 Å². The first-order valence-corrected chi connectivity index (χ1v) is 8.10. The third-order valence-electron chi connectivity index (χ3n) is 5.44. The van der Waals surface area contributed by atoms with E-state index in [1.807, 2.05) is 7.11 Å². The van der Waals surface area contributed by atoms with Crippen LogP contribution in [0.3, 0.4) is 0 Å². The van der Waals surface area contributed by atoms with Crippen molar-refractivity contribution in [2.24, 2.45) is 0 Å². The van der Waals surface area contributed by atoms with Crippen molar-refractivity contribution in [1.82, 2.24) is 5.32 Å². The smallest absolute Gasteiger partial charge is 0.0834 e. The molecule has 1 atom stereocenters. The molecule has 0 radical (unpaired) electrons. The zero-order valence-electron chi connectivity index (χ0n) is 12.9. The van der Waals surface area contributed by atoms with E-state index in [9.17, 15) is 0 Å². The molecule has 1 aromatic carbocycles. The molecule has 20 heavy (non-hydrogen) atoms. The monoisotopic (exact) mass is 273 g/mol. The molecular formula is C18H27NO. The summed E-state index contributed by atoms with van der Waals surface area (Å²) in [5.41, 5.74) is 4.66. The first-order chi connectivity index (χ1) is 9.77. The molecule has 1 N–H and O–H groups in total. The molecule has 3 rings (SSSR count). The van der Waals surface area contributed by atoms with E-state index in [0.717, 1.165) is 6.42 Å². The molecular weight excluding hydrogens is 246 g/mol. The quantitative estimate of drug-likeness (QED) is 0.889. The molecule has 2 heteroatoms. The van der Waals surface area contributed by atoms with Gasteiger partial charge in [0.2, 0.25) is 0 Å². The maximum atomic E-state index is 5.95. The summed E-state index contributed by atoms with van der Waals surface area (Å²) in [6.07, 6.45) is 9.94. The van der Waals surface area contributed by atoms with E-state index in [1.54, 1.807) is 11.1 Å². The highest BCUT2D eigenvalue weighted by Gasteiger charge is 2.40. The van der Waals surface area contributed by atoms with Crippen LogP contribution in [0.4, 0.5) is 0 Å². The van der Waals surface area contributed by atoms with Gasteiger partial charge in [0.1, 0.15) is 0 Å². The Morgan fingerprint density at radius 3 is 2.60 bits per heavy atom. The molecule has 0 saturated heterocycles. The number of nitrogens with one attached hydrogen (secondary N) is 1. The fourth-order valence-electron chi connectivity index (χ4n) is 4.21. The summed E-state index contributed by atoms with van der Waals surface area (Å²) >= 11 is 0. The van der Waals surface area contributed by atoms with Crippen LogP contribution in [0.1, 0.15) is 48.8 Å². The predicted molar refractivity (Wildman–Crippen MR) is 83.2 cm³/mol. The summed E-state index contributed by atoms with van der Waals surface area (Å²) in [4.78, 5) is 0. The lowest BCUT2D eigenvalue weighted by atomic mass is 9.87. The van der Waals surface area contributed by atoms with Crippen molar-refractivity contribution in [3.8, 4) is 0 Å². The molecule has 2 nitrogen and oxygen atoms in total. The minimum Gasteiger partial charge on any atom is -0.377 e. The number of ether oxygens (including phenoxy) is 1. The second kappa shape index (κ2) is 5.87. The Bertz CT molecular complexity index is 462. The number of hydrogen-bond donors (Lipinski definition) is 1. The third-order valence-corrected chi connectivity index (χ3v) is 5.44. The maximum absolute atomic E-state index is 5.95. The Kier molecular flexibility index (Phi) is 4.13. The average Bonchev–Trinajstić information content (AvgIpc) is 3.13. The van der Waals surface area contributed by atoms with E-state index in [4.69, 9.17) is 4.74 Å². The zero-order valence-corrected chi connectivity index (χ0v) is 12.9. The van der Waals surface area contributed by atoms with Crippen molar-refractivity contribution in [3.63, 3.8) is 0 Å². The van der Waals surface area contributed by atoms with Crippen LogP contribution in [0.2, 0.25) is 0 Å². The van der Waals surface area contributed by atoms with Crippen LogP contribution in [-0.2, 0) is 24.0 Å². The molecule has 1 saturated carbocycles. The molecule has 0 heterocycles. The number of aryl methyl sites for hydroxylation is 2. The van der Waals surface area contributed by atoms with Gasteiger partial charge in [0.25, 0.3) is 0 Å². The molecule has 2 aliphatic rings. The van der Waals surface area contributed by atoms with Gasteiger partial charge in [-0.1, -0.05) is 31.0 Å². The Morgan fingerprint density at radius 1 is 1.15 bits per heavy atom. The number of hydrogen-bond acceptors (Lipinski definition) is 2. The molecule has 0 aliphatic heterocycles. The molecule has 110 valence electrons. The first kappa shape index (κ1) is 14.1. The van der Waals surface area contributed by atoms with Gasteiger partial charge in [-0.15, -0.1) is 0 Å². The molecule has 2 aliphatic carbocycles. The van der Waals surface area contributed by atoms with Gasteiger partial charge in [-0.3, -0.25) is 0 Å². The summed E-state index contributed by atoms with van der Waals surface area (Å²) in [5, 5.41) is 3.53. The van der Waals surface area contributed by atoms with Crippen LogP contribution >= 0.6 is 0 Å². The number of rotatable bonds is 5. The fraction of sp³-hybridized carbons (Fsp3) is 0.667. The summed E-state index contributed by atoms with van der Waals surface area (Å²) in [6.45, 7) is 0. The lowest BCUT2D eigenvalue weighted by molar-refractivity contribution is -0.0336. The van der Waals surface area contributed by atoms with Gasteiger partial charge < -0.3 is 10.1 Å². The Hall–Kier alpha value is -0.860.